The van der Waals surface area contributed by atoms with E-state index in [0.717, 1.165) is 11.3 Å². The third-order valence-corrected chi connectivity index (χ3v) is 3.04. The van der Waals surface area contributed by atoms with E-state index in [1.165, 1.54) is 16.5 Å². The summed E-state index contributed by atoms with van der Waals surface area (Å²) in [5.41, 5.74) is 4.36. The van der Waals surface area contributed by atoms with Crippen molar-refractivity contribution in [3.63, 3.8) is 0 Å². The van der Waals surface area contributed by atoms with Gasteiger partial charge in [0.1, 0.15) is 0 Å². The van der Waals surface area contributed by atoms with Crippen molar-refractivity contribution in [3.05, 3.63) is 29.1 Å². The Morgan fingerprint density at radius 2 is 1.65 bits per heavy atom. The zero-order valence-electron chi connectivity index (χ0n) is 11.2. The molecule has 0 N–H and O–H groups in total. The molecule has 0 atom stereocenters. The van der Waals surface area contributed by atoms with Crippen molar-refractivity contribution in [2.45, 2.75) is 46.5 Å². The first kappa shape index (κ1) is 12.0. The first-order chi connectivity index (χ1) is 8.00. The molecule has 2 aromatic rings. The van der Waals surface area contributed by atoms with Gasteiger partial charge >= 0.3 is 0 Å². The first-order valence-electron chi connectivity index (χ1n) is 6.13. The van der Waals surface area contributed by atoms with Gasteiger partial charge in [0.05, 0.1) is 6.20 Å². The zero-order chi connectivity index (χ0) is 12.6. The van der Waals surface area contributed by atoms with Crippen molar-refractivity contribution in [1.29, 1.82) is 0 Å². The quantitative estimate of drug-likeness (QED) is 0.790. The van der Waals surface area contributed by atoms with E-state index in [-0.39, 0.29) is 0 Å². The Hall–Kier alpha value is -1.51. The average molecular weight is 229 g/mol. The number of hydrogen-bond donors (Lipinski definition) is 0. The molecule has 0 spiro atoms. The molecule has 0 saturated carbocycles. The lowest BCUT2D eigenvalue weighted by molar-refractivity contribution is 0.834. The maximum Gasteiger partial charge on any atom is 0.182 e. The van der Waals surface area contributed by atoms with Crippen molar-refractivity contribution in [3.8, 4) is 0 Å². The number of fused-ring (bicyclic) bond motifs is 1. The van der Waals surface area contributed by atoms with Crippen LogP contribution < -0.4 is 0 Å². The largest absolute Gasteiger partial charge is 0.232 e. The molecule has 0 radical (unpaired) electrons. The molecule has 0 aliphatic rings. The molecular formula is C14H19N3. The third-order valence-electron chi connectivity index (χ3n) is 3.04. The van der Waals surface area contributed by atoms with Gasteiger partial charge in [0.2, 0.25) is 0 Å². The smallest absolute Gasteiger partial charge is 0.182 e. The third kappa shape index (κ3) is 2.14. The van der Waals surface area contributed by atoms with E-state index in [2.05, 4.69) is 48.9 Å². The molecule has 2 aromatic heterocycles. The normalized spacial score (nSPS) is 11.7. The number of aryl methyl sites for hydroxylation is 1. The van der Waals surface area contributed by atoms with Crippen LogP contribution in [0, 0.1) is 6.92 Å². The molecule has 90 valence electrons. The van der Waals surface area contributed by atoms with Gasteiger partial charge in [0, 0.05) is 11.1 Å². The van der Waals surface area contributed by atoms with Gasteiger partial charge in [-0.05, 0) is 36.0 Å². The molecule has 0 aromatic carbocycles. The van der Waals surface area contributed by atoms with E-state index in [9.17, 15) is 0 Å². The van der Waals surface area contributed by atoms with Crippen molar-refractivity contribution in [2.24, 2.45) is 0 Å². The standard InChI is InChI=1S/C14H19N3/c1-8(2)11-6-10(5)16-14-13(11)12(9(3)4)7-15-17-14/h6-9H,1-5H3. The maximum atomic E-state index is 4.49. The fourth-order valence-corrected chi connectivity index (χ4v) is 2.15. The Bertz CT molecular complexity index is 544. The summed E-state index contributed by atoms with van der Waals surface area (Å²) in [6.07, 6.45) is 1.87. The van der Waals surface area contributed by atoms with Crippen LogP contribution in [0.25, 0.3) is 11.0 Å². The highest BCUT2D eigenvalue weighted by Gasteiger charge is 2.14. The fraction of sp³-hybridized carbons (Fsp3) is 0.500. The number of hydrogen-bond acceptors (Lipinski definition) is 3. The summed E-state index contributed by atoms with van der Waals surface area (Å²) in [4.78, 5) is 4.49. The molecule has 0 aliphatic heterocycles. The van der Waals surface area contributed by atoms with E-state index in [0.29, 0.717) is 11.8 Å². The van der Waals surface area contributed by atoms with E-state index in [4.69, 9.17) is 0 Å². The lowest BCUT2D eigenvalue weighted by Crippen LogP contribution is -2.02. The van der Waals surface area contributed by atoms with Crippen LogP contribution >= 0.6 is 0 Å². The number of pyridine rings is 1. The van der Waals surface area contributed by atoms with Crippen LogP contribution in [0.3, 0.4) is 0 Å². The van der Waals surface area contributed by atoms with Crippen LogP contribution in [0.1, 0.15) is 56.4 Å². The van der Waals surface area contributed by atoms with Gasteiger partial charge in [-0.25, -0.2) is 4.98 Å². The molecule has 3 heteroatoms. The highest BCUT2D eigenvalue weighted by molar-refractivity contribution is 5.83. The van der Waals surface area contributed by atoms with E-state index < -0.39 is 0 Å². The van der Waals surface area contributed by atoms with Crippen molar-refractivity contribution >= 4 is 11.0 Å². The summed E-state index contributed by atoms with van der Waals surface area (Å²) in [6.45, 7) is 10.8. The Balaban J connectivity index is 2.86. The molecule has 2 rings (SSSR count). The molecule has 0 saturated heterocycles. The van der Waals surface area contributed by atoms with E-state index >= 15 is 0 Å². The molecule has 17 heavy (non-hydrogen) atoms. The van der Waals surface area contributed by atoms with Gasteiger partial charge in [-0.2, -0.15) is 5.10 Å². The van der Waals surface area contributed by atoms with Gasteiger partial charge in [0.15, 0.2) is 5.65 Å². The van der Waals surface area contributed by atoms with Crippen LogP contribution in [0.4, 0.5) is 0 Å². The SMILES string of the molecule is Cc1cc(C(C)C)c2c(C(C)C)cnnc2n1. The monoisotopic (exact) mass is 229 g/mol. The summed E-state index contributed by atoms with van der Waals surface area (Å²) in [6, 6.07) is 2.17. The van der Waals surface area contributed by atoms with Crippen LogP contribution in [-0.2, 0) is 0 Å². The summed E-state index contributed by atoms with van der Waals surface area (Å²) < 4.78 is 0. The Morgan fingerprint density at radius 3 is 2.24 bits per heavy atom. The number of aromatic nitrogens is 3. The minimum atomic E-state index is 0.440. The second kappa shape index (κ2) is 4.40. The topological polar surface area (TPSA) is 38.7 Å². The van der Waals surface area contributed by atoms with Gasteiger partial charge in [-0.3, -0.25) is 0 Å². The Morgan fingerprint density at radius 1 is 1.00 bits per heavy atom. The second-order valence-electron chi connectivity index (χ2n) is 5.16. The Kier molecular flexibility index (Phi) is 3.09. The molecule has 0 amide bonds. The molecular weight excluding hydrogens is 210 g/mol. The van der Waals surface area contributed by atoms with Gasteiger partial charge < -0.3 is 0 Å². The van der Waals surface area contributed by atoms with E-state index in [1.807, 2.05) is 13.1 Å². The number of rotatable bonds is 2. The summed E-state index contributed by atoms with van der Waals surface area (Å²) in [5, 5.41) is 9.42. The maximum absolute atomic E-state index is 4.49. The lowest BCUT2D eigenvalue weighted by Gasteiger charge is -2.15. The Labute approximate surface area is 102 Å². The molecule has 0 fully saturated rings. The summed E-state index contributed by atoms with van der Waals surface area (Å²) >= 11 is 0. The van der Waals surface area contributed by atoms with Gasteiger partial charge in [-0.1, -0.05) is 27.7 Å². The van der Waals surface area contributed by atoms with Crippen LogP contribution in [0.15, 0.2) is 12.3 Å². The minimum absolute atomic E-state index is 0.440. The lowest BCUT2D eigenvalue weighted by atomic mass is 9.93. The molecule has 0 unspecified atom stereocenters. The van der Waals surface area contributed by atoms with Crippen molar-refractivity contribution in [2.75, 3.05) is 0 Å². The molecule has 3 nitrogen and oxygen atoms in total. The van der Waals surface area contributed by atoms with Gasteiger partial charge in [-0.15, -0.1) is 5.10 Å². The second-order valence-corrected chi connectivity index (χ2v) is 5.16. The van der Waals surface area contributed by atoms with Gasteiger partial charge in [0.25, 0.3) is 0 Å². The van der Waals surface area contributed by atoms with Crippen molar-refractivity contribution in [1.82, 2.24) is 15.2 Å². The summed E-state index contributed by atoms with van der Waals surface area (Å²) in [7, 11) is 0. The minimum Gasteiger partial charge on any atom is -0.232 e. The highest BCUT2D eigenvalue weighted by atomic mass is 15.1. The fourth-order valence-electron chi connectivity index (χ4n) is 2.15. The summed E-state index contributed by atoms with van der Waals surface area (Å²) in [5.74, 6) is 0.913. The molecule has 0 aliphatic carbocycles. The number of nitrogens with zero attached hydrogens (tertiary/aromatic N) is 3. The predicted octanol–water partition coefficient (Wildman–Crippen LogP) is 3.58. The first-order valence-corrected chi connectivity index (χ1v) is 6.13. The zero-order valence-corrected chi connectivity index (χ0v) is 11.2. The van der Waals surface area contributed by atoms with Crippen molar-refractivity contribution < 1.29 is 0 Å². The average Bonchev–Trinajstić information content (AvgIpc) is 2.26. The predicted molar refractivity (Wildman–Crippen MR) is 70.2 cm³/mol. The van der Waals surface area contributed by atoms with Crippen LogP contribution in [0.5, 0.6) is 0 Å². The van der Waals surface area contributed by atoms with Crippen LogP contribution in [0.2, 0.25) is 0 Å². The highest BCUT2D eigenvalue weighted by Crippen LogP contribution is 2.30. The van der Waals surface area contributed by atoms with Crippen LogP contribution in [-0.4, -0.2) is 15.2 Å². The van der Waals surface area contributed by atoms with E-state index in [1.54, 1.807) is 0 Å². The molecule has 0 bridgehead atoms. The molecule has 2 heterocycles.